The second kappa shape index (κ2) is 9.62. The van der Waals surface area contributed by atoms with E-state index in [4.69, 9.17) is 0 Å². The SMILES string of the molecule is CCCCc1cc2c(=O)c3c4ccc(C#N)cc4[nH]c3n(C(C)C)c2cc1-c1cccc(OS(=O)(=O)F)c1. The zero-order valence-electron chi connectivity index (χ0n) is 21.2. The highest BCUT2D eigenvalue weighted by atomic mass is 32.3. The molecule has 0 aliphatic heterocycles. The lowest BCUT2D eigenvalue weighted by atomic mass is 9.93. The number of benzene rings is 3. The molecule has 7 nitrogen and oxygen atoms in total. The van der Waals surface area contributed by atoms with Crippen LogP contribution in [0.5, 0.6) is 5.75 Å². The summed E-state index contributed by atoms with van der Waals surface area (Å²) in [5.41, 5.74) is 4.87. The maximum Gasteiger partial charge on any atom is 0.488 e. The summed E-state index contributed by atoms with van der Waals surface area (Å²) in [6.07, 6.45) is 2.53. The number of aryl methyl sites for hydroxylation is 1. The third kappa shape index (κ3) is 4.52. The summed E-state index contributed by atoms with van der Waals surface area (Å²) < 4.78 is 41.9. The van der Waals surface area contributed by atoms with E-state index in [0.29, 0.717) is 45.0 Å². The van der Waals surface area contributed by atoms with Gasteiger partial charge in [0, 0.05) is 22.3 Å². The number of rotatable bonds is 7. The molecule has 5 rings (SSSR count). The molecule has 9 heteroatoms. The van der Waals surface area contributed by atoms with Crippen molar-refractivity contribution in [2.24, 2.45) is 0 Å². The highest BCUT2D eigenvalue weighted by Gasteiger charge is 2.20. The molecule has 0 fully saturated rings. The standard InChI is InChI=1S/C29H26FN3O4S/c1-4-5-7-20-14-24-26(15-23(20)19-8-6-9-21(13-19)37-38(30,35)36)33(17(2)3)29-27(28(24)34)22-11-10-18(16-31)12-25(22)32-29/h6,8-15,17,32H,4-5,7H2,1-3H3. The number of pyridine rings is 1. The van der Waals surface area contributed by atoms with Crippen molar-refractivity contribution in [1.29, 1.82) is 5.26 Å². The zero-order valence-corrected chi connectivity index (χ0v) is 22.0. The second-order valence-corrected chi connectivity index (χ2v) is 10.6. The zero-order chi connectivity index (χ0) is 27.2. The molecule has 0 bridgehead atoms. The van der Waals surface area contributed by atoms with Crippen LogP contribution in [0.2, 0.25) is 0 Å². The molecule has 38 heavy (non-hydrogen) atoms. The molecule has 0 radical (unpaired) electrons. The van der Waals surface area contributed by atoms with Gasteiger partial charge in [0.2, 0.25) is 0 Å². The molecule has 194 valence electrons. The number of fused-ring (bicyclic) bond motifs is 4. The fourth-order valence-electron chi connectivity index (χ4n) is 5.14. The number of unbranched alkanes of at least 4 members (excludes halogenated alkanes) is 1. The summed E-state index contributed by atoms with van der Waals surface area (Å²) in [5, 5.41) is 11.3. The Morgan fingerprint density at radius 2 is 1.89 bits per heavy atom. The summed E-state index contributed by atoms with van der Waals surface area (Å²) in [7, 11) is -5.17. The number of hydrogen-bond acceptors (Lipinski definition) is 5. The van der Waals surface area contributed by atoms with Gasteiger partial charge in [0.05, 0.1) is 22.5 Å². The molecule has 0 aliphatic carbocycles. The van der Waals surface area contributed by atoms with Crippen LogP contribution in [0, 0.1) is 11.3 Å². The van der Waals surface area contributed by atoms with Crippen LogP contribution in [-0.2, 0) is 16.9 Å². The van der Waals surface area contributed by atoms with Crippen molar-refractivity contribution in [1.82, 2.24) is 9.55 Å². The van der Waals surface area contributed by atoms with Crippen LogP contribution in [0.15, 0.2) is 59.4 Å². The first kappa shape index (κ1) is 25.5. The lowest BCUT2D eigenvalue weighted by Crippen LogP contribution is -2.13. The Kier molecular flexibility index (Phi) is 6.45. The van der Waals surface area contributed by atoms with Crippen LogP contribution in [0.1, 0.15) is 50.8 Å². The Morgan fingerprint density at radius 3 is 2.58 bits per heavy atom. The third-order valence-corrected chi connectivity index (χ3v) is 7.15. The van der Waals surface area contributed by atoms with E-state index >= 15 is 0 Å². The molecule has 2 aromatic heterocycles. The minimum absolute atomic E-state index is 0.0233. The largest absolute Gasteiger partial charge is 0.488 e. The van der Waals surface area contributed by atoms with Crippen molar-refractivity contribution in [2.75, 3.05) is 0 Å². The summed E-state index contributed by atoms with van der Waals surface area (Å²) in [5.74, 6) is -0.132. The molecule has 0 unspecified atom stereocenters. The Labute approximate surface area is 219 Å². The van der Waals surface area contributed by atoms with Crippen LogP contribution in [0.4, 0.5) is 3.89 Å². The summed E-state index contributed by atoms with van der Waals surface area (Å²) in [4.78, 5) is 17.3. The van der Waals surface area contributed by atoms with E-state index in [1.807, 2.05) is 26.0 Å². The van der Waals surface area contributed by atoms with Crippen LogP contribution in [0.25, 0.3) is 44.0 Å². The first-order valence-corrected chi connectivity index (χ1v) is 13.7. The number of aromatic amines is 1. The van der Waals surface area contributed by atoms with Crippen LogP contribution in [0.3, 0.4) is 0 Å². The predicted molar refractivity (Wildman–Crippen MR) is 147 cm³/mol. The predicted octanol–water partition coefficient (Wildman–Crippen LogP) is 6.69. The first-order valence-electron chi connectivity index (χ1n) is 12.4. The number of aromatic nitrogens is 2. The quantitative estimate of drug-likeness (QED) is 0.236. The third-order valence-electron chi connectivity index (χ3n) is 6.76. The molecular weight excluding hydrogens is 505 g/mol. The topological polar surface area (TPSA) is 105 Å². The van der Waals surface area contributed by atoms with Crippen molar-refractivity contribution < 1.29 is 16.5 Å². The van der Waals surface area contributed by atoms with E-state index in [1.54, 1.807) is 30.3 Å². The van der Waals surface area contributed by atoms with E-state index in [0.717, 1.165) is 29.4 Å². The maximum atomic E-state index is 14.0. The van der Waals surface area contributed by atoms with Gasteiger partial charge in [-0.2, -0.15) is 13.7 Å². The molecule has 0 spiro atoms. The normalized spacial score (nSPS) is 12.0. The summed E-state index contributed by atoms with van der Waals surface area (Å²) in [6.45, 7) is 6.14. The Hall–Kier alpha value is -4.16. The fourth-order valence-corrected chi connectivity index (χ4v) is 5.48. The Bertz CT molecular complexity index is 1930. The number of nitriles is 1. The number of hydrogen-bond donors (Lipinski definition) is 1. The minimum atomic E-state index is -5.17. The molecule has 3 aromatic carbocycles. The van der Waals surface area contributed by atoms with Gasteiger partial charge in [-0.3, -0.25) is 4.79 Å². The highest BCUT2D eigenvalue weighted by molar-refractivity contribution is 7.81. The second-order valence-electron chi connectivity index (χ2n) is 9.65. The van der Waals surface area contributed by atoms with Gasteiger partial charge in [-0.05, 0) is 79.8 Å². The Morgan fingerprint density at radius 1 is 1.11 bits per heavy atom. The average molecular weight is 532 g/mol. The lowest BCUT2D eigenvalue weighted by Gasteiger charge is -2.20. The molecule has 2 heterocycles. The first-order chi connectivity index (χ1) is 18.1. The molecule has 0 saturated heterocycles. The molecule has 5 aromatic rings. The van der Waals surface area contributed by atoms with Gasteiger partial charge < -0.3 is 13.7 Å². The Balaban J connectivity index is 1.87. The number of halogens is 1. The van der Waals surface area contributed by atoms with Crippen LogP contribution >= 0.6 is 0 Å². The van der Waals surface area contributed by atoms with Crippen LogP contribution < -0.4 is 9.61 Å². The molecule has 0 atom stereocenters. The van der Waals surface area contributed by atoms with Crippen molar-refractivity contribution >= 4 is 43.3 Å². The van der Waals surface area contributed by atoms with Crippen molar-refractivity contribution in [3.05, 3.63) is 75.9 Å². The van der Waals surface area contributed by atoms with E-state index in [9.17, 15) is 22.4 Å². The monoisotopic (exact) mass is 531 g/mol. The summed E-state index contributed by atoms with van der Waals surface area (Å²) in [6, 6.07) is 17.5. The van der Waals surface area contributed by atoms with E-state index in [2.05, 4.69) is 26.7 Å². The summed E-state index contributed by atoms with van der Waals surface area (Å²) >= 11 is 0. The van der Waals surface area contributed by atoms with Gasteiger partial charge in [0.25, 0.3) is 0 Å². The van der Waals surface area contributed by atoms with Gasteiger partial charge >= 0.3 is 10.5 Å². The number of H-pyrrole nitrogens is 1. The lowest BCUT2D eigenvalue weighted by molar-refractivity contribution is 0.440. The van der Waals surface area contributed by atoms with Crippen molar-refractivity contribution in [3.63, 3.8) is 0 Å². The smallest absolute Gasteiger partial charge is 0.358 e. The number of nitrogens with one attached hydrogen (secondary N) is 1. The molecular formula is C29H26FN3O4S. The van der Waals surface area contributed by atoms with Gasteiger partial charge in [-0.15, -0.1) is 0 Å². The van der Waals surface area contributed by atoms with Gasteiger partial charge in [-0.25, -0.2) is 0 Å². The molecule has 1 N–H and O–H groups in total. The highest BCUT2D eigenvalue weighted by Crippen LogP contribution is 2.35. The number of nitrogens with zero attached hydrogens (tertiary/aromatic N) is 2. The van der Waals surface area contributed by atoms with E-state index in [-0.39, 0.29) is 17.2 Å². The van der Waals surface area contributed by atoms with Crippen molar-refractivity contribution in [2.45, 2.75) is 46.1 Å². The van der Waals surface area contributed by atoms with E-state index in [1.165, 1.54) is 12.1 Å². The van der Waals surface area contributed by atoms with Crippen LogP contribution in [-0.4, -0.2) is 18.0 Å². The molecule has 0 aliphatic rings. The molecule has 0 saturated carbocycles. The van der Waals surface area contributed by atoms with Gasteiger partial charge in [0.15, 0.2) is 5.43 Å². The van der Waals surface area contributed by atoms with Crippen molar-refractivity contribution in [3.8, 4) is 22.9 Å². The van der Waals surface area contributed by atoms with E-state index < -0.39 is 10.5 Å². The fraction of sp³-hybridized carbons (Fsp3) is 0.241. The maximum absolute atomic E-state index is 14.0. The average Bonchev–Trinajstić information content (AvgIpc) is 3.24. The van der Waals surface area contributed by atoms with Gasteiger partial charge in [0.1, 0.15) is 11.4 Å². The minimum Gasteiger partial charge on any atom is -0.358 e. The molecule has 0 amide bonds. The van der Waals surface area contributed by atoms with Gasteiger partial charge in [-0.1, -0.05) is 35.4 Å².